The van der Waals surface area contributed by atoms with Gasteiger partial charge in [-0.25, -0.2) is 4.98 Å². The molecule has 0 bridgehead atoms. The molecule has 0 unspecified atom stereocenters. The minimum absolute atomic E-state index is 0.122. The number of benzene rings is 2. The van der Waals surface area contributed by atoms with Crippen molar-refractivity contribution in [2.75, 3.05) is 12.4 Å². The Kier molecular flexibility index (Phi) is 5.35. The third kappa shape index (κ3) is 3.63. The van der Waals surface area contributed by atoms with Gasteiger partial charge in [-0.1, -0.05) is 49.0 Å². The Labute approximate surface area is 172 Å². The molecular formula is C21H21N5O2S. The Balaban J connectivity index is 1.59. The summed E-state index contributed by atoms with van der Waals surface area (Å²) < 4.78 is 7.31. The molecule has 1 amide bonds. The number of aryl methyl sites for hydroxylation is 1. The van der Waals surface area contributed by atoms with Gasteiger partial charge in [-0.15, -0.1) is 10.2 Å². The molecule has 0 aliphatic carbocycles. The molecule has 1 N–H and O–H groups in total. The van der Waals surface area contributed by atoms with Crippen LogP contribution in [0.1, 0.15) is 13.3 Å². The van der Waals surface area contributed by atoms with E-state index in [1.807, 2.05) is 67.1 Å². The first-order chi connectivity index (χ1) is 14.1. The van der Waals surface area contributed by atoms with Crippen molar-refractivity contribution >= 4 is 45.4 Å². The van der Waals surface area contributed by atoms with Gasteiger partial charge in [-0.05, 0) is 24.6 Å². The van der Waals surface area contributed by atoms with Crippen LogP contribution in [0.3, 0.4) is 0 Å². The number of para-hydroxylation sites is 3. The fourth-order valence-corrected chi connectivity index (χ4v) is 4.07. The number of carbonyl (C=O) groups excluding carboxylic acids is 1. The zero-order valence-corrected chi connectivity index (χ0v) is 17.2. The predicted molar refractivity (Wildman–Crippen MR) is 115 cm³/mol. The number of thioether (sulfide) groups is 1. The van der Waals surface area contributed by atoms with E-state index in [1.54, 1.807) is 7.11 Å². The Hall–Kier alpha value is -3.13. The Morgan fingerprint density at radius 3 is 2.72 bits per heavy atom. The summed E-state index contributed by atoms with van der Waals surface area (Å²) in [6.45, 7) is 1.96. The van der Waals surface area contributed by atoms with Crippen LogP contribution in [-0.2, 0) is 11.8 Å². The highest BCUT2D eigenvalue weighted by atomic mass is 32.2. The predicted octanol–water partition coefficient (Wildman–Crippen LogP) is 4.03. The topological polar surface area (TPSA) is 81.9 Å². The quantitative estimate of drug-likeness (QED) is 0.486. The highest BCUT2D eigenvalue weighted by Crippen LogP contribution is 2.29. The molecular weight excluding hydrogens is 386 g/mol. The zero-order chi connectivity index (χ0) is 20.4. The van der Waals surface area contributed by atoms with Gasteiger partial charge in [0.2, 0.25) is 11.1 Å². The van der Waals surface area contributed by atoms with Crippen LogP contribution in [0.4, 0.5) is 5.69 Å². The Morgan fingerprint density at radius 2 is 1.93 bits per heavy atom. The van der Waals surface area contributed by atoms with Gasteiger partial charge in [0.1, 0.15) is 11.3 Å². The number of ether oxygens (including phenoxy) is 1. The van der Waals surface area contributed by atoms with E-state index >= 15 is 0 Å². The van der Waals surface area contributed by atoms with Crippen molar-refractivity contribution in [2.24, 2.45) is 7.05 Å². The highest BCUT2D eigenvalue weighted by molar-refractivity contribution is 8.00. The van der Waals surface area contributed by atoms with E-state index in [-0.39, 0.29) is 11.2 Å². The van der Waals surface area contributed by atoms with Gasteiger partial charge in [0.25, 0.3) is 0 Å². The monoisotopic (exact) mass is 407 g/mol. The molecule has 2 aromatic heterocycles. The maximum Gasteiger partial charge on any atom is 0.238 e. The molecule has 4 aromatic rings. The van der Waals surface area contributed by atoms with Crippen LogP contribution in [0.15, 0.2) is 53.7 Å². The first kappa shape index (κ1) is 19.2. The van der Waals surface area contributed by atoms with Gasteiger partial charge in [-0.2, -0.15) is 0 Å². The Morgan fingerprint density at radius 1 is 1.17 bits per heavy atom. The lowest BCUT2D eigenvalue weighted by Crippen LogP contribution is -2.25. The number of amides is 1. The summed E-state index contributed by atoms with van der Waals surface area (Å²) in [5, 5.41) is 12.7. The van der Waals surface area contributed by atoms with Crippen molar-refractivity contribution in [3.8, 4) is 5.75 Å². The number of nitrogens with zero attached hydrogens (tertiary/aromatic N) is 4. The molecule has 0 fully saturated rings. The summed E-state index contributed by atoms with van der Waals surface area (Å²) in [5.74, 6) is 0.498. The van der Waals surface area contributed by atoms with Gasteiger partial charge in [0, 0.05) is 12.4 Å². The number of aromatic nitrogens is 4. The molecule has 0 aliphatic heterocycles. The molecule has 2 heterocycles. The summed E-state index contributed by atoms with van der Waals surface area (Å²) in [7, 11) is 3.54. The molecule has 0 spiro atoms. The number of hydrogen-bond acceptors (Lipinski definition) is 6. The normalized spacial score (nSPS) is 12.2. The van der Waals surface area contributed by atoms with E-state index < -0.39 is 0 Å². The first-order valence-corrected chi connectivity index (χ1v) is 10.2. The second-order valence-corrected chi connectivity index (χ2v) is 7.72. The summed E-state index contributed by atoms with van der Waals surface area (Å²) in [5.41, 5.74) is 3.21. The molecule has 0 saturated carbocycles. The summed E-state index contributed by atoms with van der Waals surface area (Å²) in [4.78, 5) is 17.5. The number of fused-ring (bicyclic) bond motifs is 3. The molecule has 2 aromatic carbocycles. The average Bonchev–Trinajstić information content (AvgIpc) is 3.04. The minimum atomic E-state index is -0.353. The molecule has 148 valence electrons. The van der Waals surface area contributed by atoms with Crippen LogP contribution >= 0.6 is 11.8 Å². The fourth-order valence-electron chi connectivity index (χ4n) is 3.25. The van der Waals surface area contributed by atoms with E-state index in [0.29, 0.717) is 23.0 Å². The number of methoxy groups -OCH3 is 1. The SMILES string of the molecule is CC[C@H](Sc1nnc2c3ccccc3n(C)c2n1)C(=O)Nc1ccccc1OC. The van der Waals surface area contributed by atoms with Crippen molar-refractivity contribution < 1.29 is 9.53 Å². The van der Waals surface area contributed by atoms with Gasteiger partial charge in [0.15, 0.2) is 5.65 Å². The van der Waals surface area contributed by atoms with Crippen molar-refractivity contribution in [2.45, 2.75) is 23.8 Å². The van der Waals surface area contributed by atoms with Crippen molar-refractivity contribution in [3.05, 3.63) is 48.5 Å². The number of nitrogens with one attached hydrogen (secondary N) is 1. The first-order valence-electron chi connectivity index (χ1n) is 9.30. The van der Waals surface area contributed by atoms with Crippen LogP contribution in [-0.4, -0.2) is 38.0 Å². The molecule has 29 heavy (non-hydrogen) atoms. The molecule has 7 nitrogen and oxygen atoms in total. The molecule has 8 heteroatoms. The molecule has 0 radical (unpaired) electrons. The fraction of sp³-hybridized carbons (Fsp3) is 0.238. The van der Waals surface area contributed by atoms with E-state index in [9.17, 15) is 4.79 Å². The van der Waals surface area contributed by atoms with Gasteiger partial charge >= 0.3 is 0 Å². The van der Waals surface area contributed by atoms with Crippen molar-refractivity contribution in [3.63, 3.8) is 0 Å². The third-order valence-electron chi connectivity index (χ3n) is 4.76. The lowest BCUT2D eigenvalue weighted by atomic mass is 10.2. The largest absolute Gasteiger partial charge is 0.495 e. The standard InChI is InChI=1S/C21H21N5O2S/c1-4-17(20(27)22-14-10-6-8-12-16(14)28-3)29-21-23-19-18(24-25-21)13-9-5-7-11-15(13)26(19)2/h5-12,17H,4H2,1-3H3,(H,22,27)/t17-/m0/s1. The smallest absolute Gasteiger partial charge is 0.238 e. The van der Waals surface area contributed by atoms with Crippen LogP contribution < -0.4 is 10.1 Å². The lowest BCUT2D eigenvalue weighted by molar-refractivity contribution is -0.115. The van der Waals surface area contributed by atoms with Crippen LogP contribution in [0.5, 0.6) is 5.75 Å². The van der Waals surface area contributed by atoms with E-state index in [2.05, 4.69) is 20.5 Å². The zero-order valence-electron chi connectivity index (χ0n) is 16.4. The number of hydrogen-bond donors (Lipinski definition) is 1. The number of anilines is 1. The number of rotatable bonds is 6. The van der Waals surface area contributed by atoms with Crippen LogP contribution in [0.2, 0.25) is 0 Å². The molecule has 4 rings (SSSR count). The van der Waals surface area contributed by atoms with Crippen LogP contribution in [0.25, 0.3) is 22.1 Å². The second-order valence-electron chi connectivity index (χ2n) is 6.55. The van der Waals surface area contributed by atoms with E-state index in [1.165, 1.54) is 11.8 Å². The number of carbonyl (C=O) groups is 1. The summed E-state index contributed by atoms with van der Waals surface area (Å²) in [6.07, 6.45) is 0.627. The maximum absolute atomic E-state index is 12.8. The average molecular weight is 407 g/mol. The summed E-state index contributed by atoms with van der Waals surface area (Å²) in [6, 6.07) is 15.3. The highest BCUT2D eigenvalue weighted by Gasteiger charge is 2.22. The van der Waals surface area contributed by atoms with Crippen molar-refractivity contribution in [1.29, 1.82) is 0 Å². The minimum Gasteiger partial charge on any atom is -0.495 e. The van der Waals surface area contributed by atoms with Gasteiger partial charge < -0.3 is 14.6 Å². The Bertz CT molecular complexity index is 1190. The summed E-state index contributed by atoms with van der Waals surface area (Å²) >= 11 is 1.31. The van der Waals surface area contributed by atoms with E-state index in [0.717, 1.165) is 22.1 Å². The third-order valence-corrected chi connectivity index (χ3v) is 5.98. The molecule has 0 aliphatic rings. The molecule has 0 saturated heterocycles. The second kappa shape index (κ2) is 8.08. The lowest BCUT2D eigenvalue weighted by Gasteiger charge is -2.15. The van der Waals surface area contributed by atoms with Crippen molar-refractivity contribution in [1.82, 2.24) is 19.7 Å². The van der Waals surface area contributed by atoms with Crippen LogP contribution in [0, 0.1) is 0 Å². The van der Waals surface area contributed by atoms with E-state index in [4.69, 9.17) is 4.74 Å². The maximum atomic E-state index is 12.8. The van der Waals surface area contributed by atoms with Gasteiger partial charge in [-0.3, -0.25) is 4.79 Å². The van der Waals surface area contributed by atoms with Gasteiger partial charge in [0.05, 0.1) is 23.6 Å². The molecule has 1 atom stereocenters.